The first-order chi connectivity index (χ1) is 12.0. The lowest BCUT2D eigenvalue weighted by Crippen LogP contribution is -2.45. The predicted molar refractivity (Wildman–Crippen MR) is 101 cm³/mol. The third-order valence-electron chi connectivity index (χ3n) is 4.82. The molecule has 0 bridgehead atoms. The maximum Gasteiger partial charge on any atom is 0.234 e. The highest BCUT2D eigenvalue weighted by Gasteiger charge is 2.33. The number of hydrogen-bond donors (Lipinski definition) is 1. The fourth-order valence-electron chi connectivity index (χ4n) is 3.69. The summed E-state index contributed by atoms with van der Waals surface area (Å²) in [6.07, 6.45) is 1.48. The van der Waals surface area contributed by atoms with E-state index in [2.05, 4.69) is 33.1 Å². The molecule has 1 saturated heterocycles. The van der Waals surface area contributed by atoms with Gasteiger partial charge in [-0.25, -0.2) is 8.42 Å². The Morgan fingerprint density at radius 2 is 2.16 bits per heavy atom. The zero-order valence-electron chi connectivity index (χ0n) is 13.7. The van der Waals surface area contributed by atoms with Gasteiger partial charge < -0.3 is 5.32 Å². The molecule has 4 rings (SSSR count). The van der Waals surface area contributed by atoms with Crippen LogP contribution in [0.15, 0.2) is 29.0 Å². The van der Waals surface area contributed by atoms with Crippen LogP contribution in [0.25, 0.3) is 0 Å². The van der Waals surface area contributed by atoms with Crippen LogP contribution in [-0.4, -0.2) is 49.9 Å². The molecule has 2 aromatic rings. The van der Waals surface area contributed by atoms with Gasteiger partial charge in [-0.3, -0.25) is 9.69 Å². The van der Waals surface area contributed by atoms with Crippen molar-refractivity contribution < 1.29 is 13.2 Å². The highest BCUT2D eigenvalue weighted by molar-refractivity contribution is 7.91. The average Bonchev–Trinajstić information content (AvgIpc) is 3.28. The first kappa shape index (κ1) is 17.2. The van der Waals surface area contributed by atoms with E-state index >= 15 is 0 Å². The summed E-state index contributed by atoms with van der Waals surface area (Å²) in [7, 11) is -2.98. The van der Waals surface area contributed by atoms with Gasteiger partial charge in [0.1, 0.15) is 0 Å². The van der Waals surface area contributed by atoms with Crippen LogP contribution in [0.2, 0.25) is 0 Å². The second-order valence-electron chi connectivity index (χ2n) is 6.61. The zero-order chi connectivity index (χ0) is 17.4. The highest BCUT2D eigenvalue weighted by Crippen LogP contribution is 2.39. The number of fused-ring (bicyclic) bond motifs is 1. The lowest BCUT2D eigenvalue weighted by molar-refractivity contribution is -0.123. The number of rotatable bonds is 4. The quantitative estimate of drug-likeness (QED) is 0.859. The fourth-order valence-corrected chi connectivity index (χ4v) is 7.14. The first-order valence-electron chi connectivity index (χ1n) is 8.35. The topological polar surface area (TPSA) is 66.5 Å². The van der Waals surface area contributed by atoms with Crippen LogP contribution in [0, 0.1) is 0 Å². The van der Waals surface area contributed by atoms with E-state index < -0.39 is 9.84 Å². The van der Waals surface area contributed by atoms with Crippen molar-refractivity contribution in [2.45, 2.75) is 24.9 Å². The lowest BCUT2D eigenvalue weighted by atomic mass is 9.98. The number of amides is 1. The number of nitrogens with zero attached hydrogens (tertiary/aromatic N) is 1. The van der Waals surface area contributed by atoms with Gasteiger partial charge in [-0.15, -0.1) is 22.7 Å². The van der Waals surface area contributed by atoms with Crippen LogP contribution in [0.3, 0.4) is 0 Å². The van der Waals surface area contributed by atoms with Gasteiger partial charge >= 0.3 is 0 Å². The van der Waals surface area contributed by atoms with E-state index in [1.807, 2.05) is 6.07 Å². The van der Waals surface area contributed by atoms with Crippen LogP contribution >= 0.6 is 22.7 Å². The molecule has 5 nitrogen and oxygen atoms in total. The number of sulfone groups is 1. The molecule has 2 atom stereocenters. The average molecular weight is 397 g/mol. The van der Waals surface area contributed by atoms with Gasteiger partial charge in [0.25, 0.3) is 0 Å². The van der Waals surface area contributed by atoms with E-state index in [0.29, 0.717) is 13.0 Å². The minimum Gasteiger partial charge on any atom is -0.351 e. The van der Waals surface area contributed by atoms with Crippen molar-refractivity contribution >= 4 is 38.4 Å². The maximum atomic E-state index is 12.5. The molecule has 2 aromatic heterocycles. The van der Waals surface area contributed by atoms with Crippen molar-refractivity contribution in [2.24, 2.45) is 0 Å². The van der Waals surface area contributed by atoms with E-state index in [1.165, 1.54) is 15.3 Å². The minimum absolute atomic E-state index is 0.0712. The Labute approximate surface area is 155 Å². The Kier molecular flexibility index (Phi) is 4.70. The summed E-state index contributed by atoms with van der Waals surface area (Å²) < 4.78 is 23.1. The number of nitrogens with one attached hydrogen (secondary N) is 1. The minimum atomic E-state index is -2.98. The van der Waals surface area contributed by atoms with E-state index in [0.717, 1.165) is 13.0 Å². The van der Waals surface area contributed by atoms with Crippen LogP contribution in [0.4, 0.5) is 0 Å². The molecule has 0 spiro atoms. The van der Waals surface area contributed by atoms with Crippen molar-refractivity contribution in [3.63, 3.8) is 0 Å². The van der Waals surface area contributed by atoms with Gasteiger partial charge in [-0.1, -0.05) is 6.07 Å². The Hall–Kier alpha value is -1.22. The largest absolute Gasteiger partial charge is 0.351 e. The Balaban J connectivity index is 1.48. The summed E-state index contributed by atoms with van der Waals surface area (Å²) in [5.41, 5.74) is 1.30. The third kappa shape index (κ3) is 3.67. The van der Waals surface area contributed by atoms with Crippen molar-refractivity contribution in [1.29, 1.82) is 0 Å². The van der Waals surface area contributed by atoms with Crippen molar-refractivity contribution in [3.8, 4) is 0 Å². The lowest BCUT2D eigenvalue weighted by Gasteiger charge is -2.35. The van der Waals surface area contributed by atoms with Crippen molar-refractivity contribution in [2.75, 3.05) is 24.6 Å². The first-order valence-corrected chi connectivity index (χ1v) is 11.9. The summed E-state index contributed by atoms with van der Waals surface area (Å²) in [5, 5.41) is 7.10. The molecule has 1 N–H and O–H groups in total. The van der Waals surface area contributed by atoms with Crippen LogP contribution < -0.4 is 5.32 Å². The number of thiophene rings is 2. The second kappa shape index (κ2) is 6.83. The summed E-state index contributed by atoms with van der Waals surface area (Å²) in [5.74, 6) is 0.168. The Morgan fingerprint density at radius 3 is 2.88 bits per heavy atom. The van der Waals surface area contributed by atoms with Crippen LogP contribution in [0.5, 0.6) is 0 Å². The Morgan fingerprint density at radius 1 is 1.28 bits per heavy atom. The summed E-state index contributed by atoms with van der Waals surface area (Å²) in [4.78, 5) is 17.4. The molecule has 0 radical (unpaired) electrons. The summed E-state index contributed by atoms with van der Waals surface area (Å²) in [6.45, 7) is 1.14. The monoisotopic (exact) mass is 396 g/mol. The SMILES string of the molecule is O=C(CN1CCc2sccc2[C@@H]1c1cccs1)N[C@@H]1CCS(=O)(=O)C1. The molecular weight excluding hydrogens is 376 g/mol. The van der Waals surface area contributed by atoms with E-state index in [-0.39, 0.29) is 29.5 Å². The van der Waals surface area contributed by atoms with Gasteiger partial charge in [0.05, 0.1) is 24.1 Å². The fraction of sp³-hybridized carbons (Fsp3) is 0.471. The number of carbonyl (C=O) groups excluding carboxylic acids is 1. The molecule has 2 aliphatic rings. The molecule has 0 saturated carbocycles. The van der Waals surface area contributed by atoms with Gasteiger partial charge in [-0.2, -0.15) is 0 Å². The van der Waals surface area contributed by atoms with Gasteiger partial charge in [0.2, 0.25) is 5.91 Å². The standard InChI is InChI=1S/C17H20N2O3S3/c20-16(18-12-5-9-25(21,22)11-12)10-19-6-3-14-13(4-8-24-14)17(19)15-2-1-7-23-15/h1-2,4,7-8,12,17H,3,5-6,9-11H2,(H,18,20)/t12-,17-/m1/s1. The molecule has 2 aliphatic heterocycles. The van der Waals surface area contributed by atoms with Crippen molar-refractivity contribution in [3.05, 3.63) is 44.3 Å². The molecule has 1 amide bonds. The maximum absolute atomic E-state index is 12.5. The van der Waals surface area contributed by atoms with Crippen LogP contribution in [-0.2, 0) is 21.1 Å². The van der Waals surface area contributed by atoms with E-state index in [9.17, 15) is 13.2 Å². The van der Waals surface area contributed by atoms with E-state index in [4.69, 9.17) is 0 Å². The molecule has 1 fully saturated rings. The number of hydrogen-bond acceptors (Lipinski definition) is 6. The normalized spacial score (nSPS) is 25.6. The second-order valence-corrected chi connectivity index (χ2v) is 10.8. The molecule has 0 aliphatic carbocycles. The molecular formula is C17H20N2O3S3. The summed E-state index contributed by atoms with van der Waals surface area (Å²) >= 11 is 3.50. The molecule has 134 valence electrons. The van der Waals surface area contributed by atoms with E-state index in [1.54, 1.807) is 22.7 Å². The molecule has 8 heteroatoms. The van der Waals surface area contributed by atoms with Gasteiger partial charge in [0, 0.05) is 22.3 Å². The molecule has 4 heterocycles. The highest BCUT2D eigenvalue weighted by atomic mass is 32.2. The molecule has 0 aromatic carbocycles. The molecule has 0 unspecified atom stereocenters. The summed E-state index contributed by atoms with van der Waals surface area (Å²) in [6, 6.07) is 6.21. The third-order valence-corrected chi connectivity index (χ3v) is 8.51. The molecule has 25 heavy (non-hydrogen) atoms. The van der Waals surface area contributed by atoms with Crippen LogP contribution in [0.1, 0.15) is 27.8 Å². The smallest absolute Gasteiger partial charge is 0.234 e. The van der Waals surface area contributed by atoms with Crippen molar-refractivity contribution in [1.82, 2.24) is 10.2 Å². The predicted octanol–water partition coefficient (Wildman–Crippen LogP) is 2.06. The number of carbonyl (C=O) groups is 1. The van der Waals surface area contributed by atoms with Gasteiger partial charge in [0.15, 0.2) is 9.84 Å². The van der Waals surface area contributed by atoms with Gasteiger partial charge in [-0.05, 0) is 41.3 Å². The zero-order valence-corrected chi connectivity index (χ0v) is 16.1. The Bertz CT molecular complexity index is 858.